The summed E-state index contributed by atoms with van der Waals surface area (Å²) in [6.45, 7) is 6.54. The summed E-state index contributed by atoms with van der Waals surface area (Å²) in [5.41, 5.74) is 1.64. The van der Waals surface area contributed by atoms with Crippen LogP contribution in [0.15, 0.2) is 29.5 Å². The number of benzene rings is 1. The van der Waals surface area contributed by atoms with Crippen molar-refractivity contribution in [3.63, 3.8) is 0 Å². The number of amides is 2. The van der Waals surface area contributed by atoms with E-state index >= 15 is 0 Å². The van der Waals surface area contributed by atoms with Gasteiger partial charge in [-0.05, 0) is 24.6 Å². The summed E-state index contributed by atoms with van der Waals surface area (Å²) < 4.78 is 16.2. The van der Waals surface area contributed by atoms with Gasteiger partial charge in [0, 0.05) is 51.4 Å². The van der Waals surface area contributed by atoms with Crippen molar-refractivity contribution in [1.29, 1.82) is 5.26 Å². The molecule has 0 saturated carbocycles. The van der Waals surface area contributed by atoms with Gasteiger partial charge in [-0.3, -0.25) is 9.80 Å². The molecule has 3 heterocycles. The van der Waals surface area contributed by atoms with Crippen molar-refractivity contribution in [3.8, 4) is 17.6 Å². The number of fused-ring (bicyclic) bond motifs is 1. The Kier molecular flexibility index (Phi) is 6.78. The first-order chi connectivity index (χ1) is 15.6. The van der Waals surface area contributed by atoms with Gasteiger partial charge in [-0.1, -0.05) is 6.07 Å². The average molecular weight is 441 g/mol. The molecule has 170 valence electrons. The Labute approximate surface area is 186 Å². The number of carbonyl (C=O) groups is 2. The zero-order valence-corrected chi connectivity index (χ0v) is 18.1. The van der Waals surface area contributed by atoms with Crippen molar-refractivity contribution in [3.05, 3.63) is 35.0 Å². The molecule has 10 nitrogen and oxygen atoms in total. The molecule has 32 heavy (non-hydrogen) atoms. The summed E-state index contributed by atoms with van der Waals surface area (Å²) in [6, 6.07) is 6.51. The predicted octanol–water partition coefficient (Wildman–Crippen LogP) is 1.12. The Hall–Kier alpha value is -3.29. The molecule has 0 radical (unpaired) electrons. The first-order valence-electron chi connectivity index (χ1n) is 10.8. The minimum Gasteiger partial charge on any atom is -0.463 e. The number of nitriles is 1. The van der Waals surface area contributed by atoms with Gasteiger partial charge in [0.25, 0.3) is 0 Å². The molecular formula is C22H27N5O5. The maximum absolute atomic E-state index is 13.0. The minimum atomic E-state index is -0.663. The van der Waals surface area contributed by atoms with E-state index < -0.39 is 12.0 Å². The van der Waals surface area contributed by atoms with Crippen LogP contribution in [0.25, 0.3) is 0 Å². The molecule has 0 aromatic heterocycles. The number of hydrogen-bond donors (Lipinski definition) is 2. The fourth-order valence-corrected chi connectivity index (χ4v) is 4.14. The zero-order valence-electron chi connectivity index (χ0n) is 18.1. The summed E-state index contributed by atoms with van der Waals surface area (Å²) in [5.74, 6) is 0.740. The Morgan fingerprint density at radius 3 is 2.72 bits per heavy atom. The number of nitrogens with zero attached hydrogens (tertiary/aromatic N) is 3. The van der Waals surface area contributed by atoms with Crippen LogP contribution in [0.3, 0.4) is 0 Å². The van der Waals surface area contributed by atoms with E-state index in [1.165, 1.54) is 0 Å². The third kappa shape index (κ3) is 4.79. The van der Waals surface area contributed by atoms with Crippen molar-refractivity contribution < 1.29 is 23.8 Å². The lowest BCUT2D eigenvalue weighted by Crippen LogP contribution is -2.51. The van der Waals surface area contributed by atoms with Gasteiger partial charge in [-0.15, -0.1) is 0 Å². The van der Waals surface area contributed by atoms with Crippen LogP contribution in [-0.4, -0.2) is 74.5 Å². The smallest absolute Gasteiger partial charge is 0.338 e. The van der Waals surface area contributed by atoms with Gasteiger partial charge in [0.1, 0.15) is 0 Å². The normalized spacial score (nSPS) is 21.0. The fourth-order valence-electron chi connectivity index (χ4n) is 4.14. The predicted molar refractivity (Wildman–Crippen MR) is 114 cm³/mol. The second-order valence-electron chi connectivity index (χ2n) is 7.78. The number of carbonyl (C=O) groups excluding carboxylic acids is 2. The molecule has 0 unspecified atom stereocenters. The Balaban J connectivity index is 1.58. The molecule has 3 aliphatic heterocycles. The number of piperazine rings is 1. The highest BCUT2D eigenvalue weighted by Crippen LogP contribution is 2.37. The molecule has 0 aliphatic carbocycles. The monoisotopic (exact) mass is 441 g/mol. The van der Waals surface area contributed by atoms with Crippen LogP contribution in [0.4, 0.5) is 4.79 Å². The number of rotatable bonds is 7. The highest BCUT2D eigenvalue weighted by molar-refractivity contribution is 5.95. The molecular weight excluding hydrogens is 414 g/mol. The average Bonchev–Trinajstić information content (AvgIpc) is 3.26. The lowest BCUT2D eigenvalue weighted by molar-refractivity contribution is -0.139. The van der Waals surface area contributed by atoms with Gasteiger partial charge < -0.3 is 24.8 Å². The molecule has 1 saturated heterocycles. The van der Waals surface area contributed by atoms with Gasteiger partial charge in [0.05, 0.1) is 24.3 Å². The lowest BCUT2D eigenvalue weighted by atomic mass is 9.94. The Bertz CT molecular complexity index is 949. The third-order valence-electron chi connectivity index (χ3n) is 5.77. The van der Waals surface area contributed by atoms with E-state index in [1.54, 1.807) is 19.1 Å². The Morgan fingerprint density at radius 2 is 1.97 bits per heavy atom. The molecule has 3 aliphatic rings. The van der Waals surface area contributed by atoms with E-state index in [4.69, 9.17) is 19.5 Å². The van der Waals surface area contributed by atoms with Crippen LogP contribution in [0.5, 0.6) is 11.5 Å². The van der Waals surface area contributed by atoms with E-state index in [9.17, 15) is 9.59 Å². The third-order valence-corrected chi connectivity index (χ3v) is 5.77. The molecule has 2 N–H and O–H groups in total. The van der Waals surface area contributed by atoms with Gasteiger partial charge in [-0.2, -0.15) is 5.26 Å². The van der Waals surface area contributed by atoms with Crippen LogP contribution in [0, 0.1) is 11.3 Å². The van der Waals surface area contributed by atoms with Gasteiger partial charge in [-0.25, -0.2) is 9.59 Å². The van der Waals surface area contributed by atoms with Crippen molar-refractivity contribution in [1.82, 2.24) is 20.4 Å². The van der Waals surface area contributed by atoms with Gasteiger partial charge in [0.2, 0.25) is 6.79 Å². The first-order valence-corrected chi connectivity index (χ1v) is 10.8. The number of hydrogen-bond acceptors (Lipinski definition) is 8. The maximum Gasteiger partial charge on any atom is 0.338 e. The molecule has 0 bridgehead atoms. The van der Waals surface area contributed by atoms with Crippen molar-refractivity contribution in [2.45, 2.75) is 19.4 Å². The standard InChI is InChI=1S/C22H27N5O5/c1-2-30-21(28)19-16(13-27-10-8-26(9-11-27)7-3-6-23)24-22(29)25-20(19)15-4-5-17-18(12-15)32-14-31-17/h4-5,12,20H,2-3,7-11,13-14H2,1H3,(H2,24,25,29)/t20-/m1/s1. The van der Waals surface area contributed by atoms with Crippen LogP contribution in [-0.2, 0) is 9.53 Å². The Morgan fingerprint density at radius 1 is 1.22 bits per heavy atom. The molecule has 10 heteroatoms. The number of urea groups is 1. The molecule has 1 aromatic rings. The van der Waals surface area contributed by atoms with Crippen LogP contribution >= 0.6 is 0 Å². The van der Waals surface area contributed by atoms with Gasteiger partial charge >= 0.3 is 12.0 Å². The molecule has 1 aromatic carbocycles. The van der Waals surface area contributed by atoms with Crippen molar-refractivity contribution >= 4 is 12.0 Å². The second kappa shape index (κ2) is 9.89. The summed E-state index contributed by atoms with van der Waals surface area (Å²) in [7, 11) is 0. The largest absolute Gasteiger partial charge is 0.463 e. The summed E-state index contributed by atoms with van der Waals surface area (Å²) in [5, 5.41) is 14.5. The van der Waals surface area contributed by atoms with Crippen LogP contribution < -0.4 is 20.1 Å². The van der Waals surface area contributed by atoms with E-state index in [1.807, 2.05) is 6.07 Å². The van der Waals surface area contributed by atoms with Crippen LogP contribution in [0.1, 0.15) is 24.9 Å². The van der Waals surface area contributed by atoms with Crippen molar-refractivity contribution in [2.75, 3.05) is 52.7 Å². The maximum atomic E-state index is 13.0. The lowest BCUT2D eigenvalue weighted by Gasteiger charge is -2.36. The second-order valence-corrected chi connectivity index (χ2v) is 7.78. The quantitative estimate of drug-likeness (QED) is 0.605. The molecule has 1 fully saturated rings. The number of nitrogens with one attached hydrogen (secondary N) is 2. The minimum absolute atomic E-state index is 0.142. The van der Waals surface area contributed by atoms with E-state index in [2.05, 4.69) is 26.5 Å². The summed E-state index contributed by atoms with van der Waals surface area (Å²) in [6.07, 6.45) is 0.511. The number of esters is 1. The van der Waals surface area contributed by atoms with Crippen molar-refractivity contribution in [2.24, 2.45) is 0 Å². The van der Waals surface area contributed by atoms with Gasteiger partial charge in [0.15, 0.2) is 11.5 Å². The SMILES string of the molecule is CCOC(=O)C1=C(CN2CCN(CCC#N)CC2)NC(=O)N[C@@H]1c1ccc2c(c1)OCO2. The summed E-state index contributed by atoms with van der Waals surface area (Å²) >= 11 is 0. The van der Waals surface area contributed by atoms with E-state index in [-0.39, 0.29) is 19.4 Å². The fraction of sp³-hybridized carbons (Fsp3) is 0.500. The van der Waals surface area contributed by atoms with E-state index in [0.29, 0.717) is 41.3 Å². The topological polar surface area (TPSA) is 116 Å². The number of ether oxygens (including phenoxy) is 3. The molecule has 2 amide bonds. The van der Waals surface area contributed by atoms with Crippen LogP contribution in [0.2, 0.25) is 0 Å². The highest BCUT2D eigenvalue weighted by Gasteiger charge is 2.35. The summed E-state index contributed by atoms with van der Waals surface area (Å²) in [4.78, 5) is 29.9. The molecule has 4 rings (SSSR count). The highest BCUT2D eigenvalue weighted by atomic mass is 16.7. The first kappa shape index (κ1) is 21.9. The zero-order chi connectivity index (χ0) is 22.5. The molecule has 0 spiro atoms. The van der Waals surface area contributed by atoms with E-state index in [0.717, 1.165) is 32.7 Å². The molecule has 1 atom stereocenters.